The summed E-state index contributed by atoms with van der Waals surface area (Å²) in [5.41, 5.74) is -2.75. The zero-order valence-corrected chi connectivity index (χ0v) is 15.0. The van der Waals surface area contributed by atoms with Crippen LogP contribution in [0.5, 0.6) is 5.75 Å². The third kappa shape index (κ3) is 4.81. The number of benzene rings is 1. The molecule has 0 aliphatic carbocycles. The molecule has 0 aromatic heterocycles. The summed E-state index contributed by atoms with van der Waals surface area (Å²) < 4.78 is 102. The quantitative estimate of drug-likeness (QED) is 0.559. The molecule has 2 nitrogen and oxygen atoms in total. The number of methoxy groups -OCH3 is 1. The van der Waals surface area contributed by atoms with Gasteiger partial charge in [0.15, 0.2) is 0 Å². The van der Waals surface area contributed by atoms with E-state index >= 15 is 0 Å². The predicted octanol–water partition coefficient (Wildman–Crippen LogP) is 5.95. The summed E-state index contributed by atoms with van der Waals surface area (Å²) in [6.45, 7) is 6.21. The summed E-state index contributed by atoms with van der Waals surface area (Å²) in [6.07, 6.45) is -8.26. The summed E-state index contributed by atoms with van der Waals surface area (Å²) >= 11 is 0. The Morgan fingerprint density at radius 3 is 1.85 bits per heavy atom. The highest BCUT2D eigenvalue weighted by atomic mass is 19.4. The Labute approximate surface area is 147 Å². The molecule has 150 valence electrons. The van der Waals surface area contributed by atoms with Gasteiger partial charge < -0.3 is 9.47 Å². The average Bonchev–Trinajstić information content (AvgIpc) is 2.43. The van der Waals surface area contributed by atoms with E-state index < -0.39 is 35.6 Å². The Hall–Kier alpha value is -1.51. The molecule has 0 amide bonds. The van der Waals surface area contributed by atoms with Gasteiger partial charge in [-0.3, -0.25) is 0 Å². The number of ether oxygens (including phenoxy) is 2. The van der Waals surface area contributed by atoms with Gasteiger partial charge in [0.1, 0.15) is 11.4 Å². The van der Waals surface area contributed by atoms with Crippen LogP contribution in [0.1, 0.15) is 39.7 Å². The molecule has 26 heavy (non-hydrogen) atoms. The van der Waals surface area contributed by atoms with Gasteiger partial charge >= 0.3 is 18.0 Å². The lowest BCUT2D eigenvalue weighted by Gasteiger charge is -2.36. The molecule has 9 heteroatoms. The first-order valence-electron chi connectivity index (χ1n) is 7.62. The fourth-order valence-electron chi connectivity index (χ4n) is 2.28. The zero-order valence-electron chi connectivity index (χ0n) is 15.0. The lowest BCUT2D eigenvalue weighted by Crippen LogP contribution is -2.54. The minimum atomic E-state index is -6.39. The summed E-state index contributed by atoms with van der Waals surface area (Å²) in [5, 5.41) is 0. The van der Waals surface area contributed by atoms with Crippen molar-refractivity contribution in [3.05, 3.63) is 29.8 Å². The third-order valence-electron chi connectivity index (χ3n) is 3.69. The predicted molar refractivity (Wildman–Crippen MR) is 81.8 cm³/mol. The summed E-state index contributed by atoms with van der Waals surface area (Å²) in [6, 6.07) is 5.48. The minimum absolute atomic E-state index is 0.0144. The van der Waals surface area contributed by atoms with Crippen LogP contribution in [0, 0.1) is 0 Å². The molecule has 1 unspecified atom stereocenters. The molecule has 0 N–H and O–H groups in total. The summed E-state index contributed by atoms with van der Waals surface area (Å²) in [7, 11) is 0.957. The van der Waals surface area contributed by atoms with E-state index in [0.29, 0.717) is 0 Å². The van der Waals surface area contributed by atoms with Crippen molar-refractivity contribution in [3.63, 3.8) is 0 Å². The number of halogens is 7. The van der Waals surface area contributed by atoms with Crippen LogP contribution in [0.2, 0.25) is 0 Å². The normalized spacial score (nSPS) is 16.3. The average molecular weight is 390 g/mol. The van der Waals surface area contributed by atoms with Crippen LogP contribution in [0.15, 0.2) is 24.3 Å². The van der Waals surface area contributed by atoms with Crippen LogP contribution in [-0.4, -0.2) is 30.7 Å². The van der Waals surface area contributed by atoms with Gasteiger partial charge in [-0.05, 0) is 45.4 Å². The highest BCUT2D eigenvalue weighted by Gasteiger charge is 2.73. The second-order valence-corrected chi connectivity index (χ2v) is 7.13. The van der Waals surface area contributed by atoms with Crippen LogP contribution in [-0.2, 0) is 10.3 Å². The van der Waals surface area contributed by atoms with E-state index in [2.05, 4.69) is 0 Å². The topological polar surface area (TPSA) is 18.5 Å². The van der Waals surface area contributed by atoms with E-state index in [0.717, 1.165) is 14.0 Å². The Morgan fingerprint density at radius 1 is 0.885 bits per heavy atom. The van der Waals surface area contributed by atoms with E-state index in [1.54, 1.807) is 20.8 Å². The van der Waals surface area contributed by atoms with Crippen LogP contribution < -0.4 is 4.74 Å². The molecule has 0 radical (unpaired) electrons. The summed E-state index contributed by atoms with van der Waals surface area (Å²) in [5.74, 6) is -11.3. The van der Waals surface area contributed by atoms with Crippen molar-refractivity contribution >= 4 is 0 Å². The molecule has 1 aromatic rings. The molecule has 0 spiro atoms. The molecule has 0 bridgehead atoms. The second kappa shape index (κ2) is 6.90. The number of alkyl halides is 7. The summed E-state index contributed by atoms with van der Waals surface area (Å²) in [4.78, 5) is 0. The Morgan fingerprint density at radius 2 is 1.42 bits per heavy atom. The van der Waals surface area contributed by atoms with Gasteiger partial charge in [-0.25, -0.2) is 0 Å². The molecular formula is C17H21F7O2. The van der Waals surface area contributed by atoms with Gasteiger partial charge in [0.05, 0.1) is 12.0 Å². The van der Waals surface area contributed by atoms with Crippen LogP contribution in [0.4, 0.5) is 30.7 Å². The SMILES string of the molecule is COC(C)(CC(F)(F)C(F)(F)C(F)(F)F)c1cccc(OC(C)(C)C)c1. The van der Waals surface area contributed by atoms with Gasteiger partial charge in [0.2, 0.25) is 0 Å². The Bertz CT molecular complexity index is 620. The monoisotopic (exact) mass is 390 g/mol. The first-order chi connectivity index (χ1) is 11.5. The molecule has 0 saturated heterocycles. The van der Waals surface area contributed by atoms with Crippen molar-refractivity contribution in [2.45, 2.75) is 63.3 Å². The lowest BCUT2D eigenvalue weighted by molar-refractivity contribution is -0.362. The maximum atomic E-state index is 13.9. The van der Waals surface area contributed by atoms with Crippen molar-refractivity contribution in [2.24, 2.45) is 0 Å². The van der Waals surface area contributed by atoms with E-state index in [1.807, 2.05) is 0 Å². The van der Waals surface area contributed by atoms with E-state index in [1.165, 1.54) is 24.3 Å². The number of hydrogen-bond acceptors (Lipinski definition) is 2. The van der Waals surface area contributed by atoms with Crippen molar-refractivity contribution in [3.8, 4) is 5.75 Å². The van der Waals surface area contributed by atoms with Crippen LogP contribution >= 0.6 is 0 Å². The lowest BCUT2D eigenvalue weighted by atomic mass is 9.87. The highest BCUT2D eigenvalue weighted by Crippen LogP contribution is 2.51. The Kier molecular flexibility index (Phi) is 5.98. The number of hydrogen-bond donors (Lipinski definition) is 0. The standard InChI is InChI=1S/C17H21F7O2/c1-13(2,3)26-12-8-6-7-11(9-12)14(4,25-5)10-15(18,19)16(20,21)17(22,23)24/h6-9H,10H2,1-5H3. The highest BCUT2D eigenvalue weighted by molar-refractivity contribution is 5.33. The van der Waals surface area contributed by atoms with Crippen molar-refractivity contribution < 1.29 is 40.2 Å². The first-order valence-corrected chi connectivity index (χ1v) is 7.62. The molecule has 0 fully saturated rings. The minimum Gasteiger partial charge on any atom is -0.488 e. The van der Waals surface area contributed by atoms with Crippen molar-refractivity contribution in [2.75, 3.05) is 7.11 Å². The Balaban J connectivity index is 3.26. The van der Waals surface area contributed by atoms with Gasteiger partial charge in [0, 0.05) is 7.11 Å². The molecule has 1 aromatic carbocycles. The zero-order chi connectivity index (χ0) is 20.6. The molecule has 0 aliphatic heterocycles. The molecular weight excluding hydrogens is 369 g/mol. The van der Waals surface area contributed by atoms with Crippen molar-refractivity contribution in [1.82, 2.24) is 0 Å². The first kappa shape index (κ1) is 22.5. The fraction of sp³-hybridized carbons (Fsp3) is 0.647. The molecule has 1 rings (SSSR count). The molecule has 1 atom stereocenters. The fourth-order valence-corrected chi connectivity index (χ4v) is 2.28. The maximum Gasteiger partial charge on any atom is 0.459 e. The third-order valence-corrected chi connectivity index (χ3v) is 3.69. The molecule has 0 heterocycles. The van der Waals surface area contributed by atoms with Gasteiger partial charge in [-0.1, -0.05) is 12.1 Å². The smallest absolute Gasteiger partial charge is 0.459 e. The van der Waals surface area contributed by atoms with Crippen LogP contribution in [0.3, 0.4) is 0 Å². The molecule has 0 aliphatic rings. The molecule has 0 saturated carbocycles. The maximum absolute atomic E-state index is 13.9. The van der Waals surface area contributed by atoms with Gasteiger partial charge in [-0.2, -0.15) is 30.7 Å². The van der Waals surface area contributed by atoms with Crippen molar-refractivity contribution in [1.29, 1.82) is 0 Å². The van der Waals surface area contributed by atoms with E-state index in [-0.39, 0.29) is 11.3 Å². The second-order valence-electron chi connectivity index (χ2n) is 7.13. The largest absolute Gasteiger partial charge is 0.488 e. The van der Waals surface area contributed by atoms with Crippen LogP contribution in [0.25, 0.3) is 0 Å². The van der Waals surface area contributed by atoms with Gasteiger partial charge in [0.25, 0.3) is 0 Å². The number of rotatable bonds is 6. The van der Waals surface area contributed by atoms with E-state index in [9.17, 15) is 30.7 Å². The van der Waals surface area contributed by atoms with E-state index in [4.69, 9.17) is 9.47 Å². The van der Waals surface area contributed by atoms with Gasteiger partial charge in [-0.15, -0.1) is 0 Å².